The average molecular weight is 446 g/mol. The molecular formula is C19H15N3O4S3. The van der Waals surface area contributed by atoms with Crippen LogP contribution >= 0.6 is 34.4 Å². The first-order chi connectivity index (χ1) is 14.0. The highest BCUT2D eigenvalue weighted by molar-refractivity contribution is 7.98. The summed E-state index contributed by atoms with van der Waals surface area (Å²) in [6, 6.07) is 8.42. The van der Waals surface area contributed by atoms with Crippen LogP contribution in [0.25, 0.3) is 20.7 Å². The van der Waals surface area contributed by atoms with Crippen LogP contribution in [0.4, 0.5) is 5.69 Å². The fourth-order valence-electron chi connectivity index (χ4n) is 2.93. The van der Waals surface area contributed by atoms with Crippen molar-refractivity contribution in [3.05, 3.63) is 67.1 Å². The number of non-ortho nitro benzene ring substituents is 1. The summed E-state index contributed by atoms with van der Waals surface area (Å²) in [7, 11) is 3.21. The molecule has 1 aromatic carbocycles. The lowest BCUT2D eigenvalue weighted by atomic mass is 10.2. The Bertz CT molecular complexity index is 1260. The van der Waals surface area contributed by atoms with Gasteiger partial charge >= 0.3 is 0 Å². The Labute approximate surface area is 177 Å². The molecule has 0 aliphatic rings. The van der Waals surface area contributed by atoms with Crippen molar-refractivity contribution >= 4 is 50.3 Å². The van der Waals surface area contributed by atoms with Crippen molar-refractivity contribution in [2.75, 3.05) is 7.11 Å². The molecule has 3 aromatic heterocycles. The largest absolute Gasteiger partial charge is 0.496 e. The number of rotatable bonds is 6. The number of nitrogens with zero attached hydrogens (tertiary/aromatic N) is 3. The van der Waals surface area contributed by atoms with Crippen LogP contribution in [0.3, 0.4) is 0 Å². The first-order valence-corrected chi connectivity index (χ1v) is 11.2. The molecule has 0 radical (unpaired) electrons. The summed E-state index contributed by atoms with van der Waals surface area (Å²) < 4.78 is 6.84. The molecule has 0 saturated heterocycles. The number of methoxy groups -OCH3 is 1. The van der Waals surface area contributed by atoms with E-state index in [-0.39, 0.29) is 11.2 Å². The van der Waals surface area contributed by atoms with Crippen LogP contribution in [0, 0.1) is 10.1 Å². The number of fused-ring (bicyclic) bond motifs is 1. The summed E-state index contributed by atoms with van der Waals surface area (Å²) in [6.45, 7) is 0. The second-order valence-electron chi connectivity index (χ2n) is 6.11. The van der Waals surface area contributed by atoms with Crippen LogP contribution in [-0.4, -0.2) is 21.6 Å². The van der Waals surface area contributed by atoms with E-state index in [4.69, 9.17) is 4.74 Å². The molecule has 0 aliphatic carbocycles. The first kappa shape index (κ1) is 19.6. The van der Waals surface area contributed by atoms with Crippen LogP contribution in [-0.2, 0) is 12.8 Å². The Morgan fingerprint density at radius 2 is 2.14 bits per heavy atom. The Morgan fingerprint density at radius 1 is 1.31 bits per heavy atom. The highest BCUT2D eigenvalue weighted by Crippen LogP contribution is 2.35. The predicted octanol–water partition coefficient (Wildman–Crippen LogP) is 4.93. The third-order valence-electron chi connectivity index (χ3n) is 4.39. The molecule has 0 N–H and O–H groups in total. The number of ether oxygens (including phenoxy) is 1. The number of thiophene rings is 2. The maximum absolute atomic E-state index is 13.0. The Morgan fingerprint density at radius 3 is 2.83 bits per heavy atom. The van der Waals surface area contributed by atoms with Gasteiger partial charge in [0, 0.05) is 46.3 Å². The lowest BCUT2D eigenvalue weighted by Gasteiger charge is -2.10. The topological polar surface area (TPSA) is 87.3 Å². The summed E-state index contributed by atoms with van der Waals surface area (Å²) >= 11 is 4.37. The van der Waals surface area contributed by atoms with Gasteiger partial charge in [0.25, 0.3) is 11.2 Å². The fraction of sp³-hybridized carbons (Fsp3) is 0.158. The van der Waals surface area contributed by atoms with Crippen LogP contribution in [0.2, 0.25) is 0 Å². The van der Waals surface area contributed by atoms with Gasteiger partial charge in [-0.15, -0.1) is 22.7 Å². The normalized spacial score (nSPS) is 11.1. The number of hydrogen-bond donors (Lipinski definition) is 0. The highest BCUT2D eigenvalue weighted by Gasteiger charge is 2.17. The second-order valence-corrected chi connectivity index (χ2v) is 8.86. The van der Waals surface area contributed by atoms with Crippen molar-refractivity contribution in [3.8, 4) is 16.2 Å². The van der Waals surface area contributed by atoms with E-state index < -0.39 is 4.92 Å². The molecule has 0 atom stereocenters. The van der Waals surface area contributed by atoms with Gasteiger partial charge in [0.05, 0.1) is 17.4 Å². The summed E-state index contributed by atoms with van der Waals surface area (Å²) in [4.78, 5) is 30.0. The molecule has 0 unspecified atom stereocenters. The Hall–Kier alpha value is -2.69. The molecule has 4 rings (SSSR count). The molecule has 0 bridgehead atoms. The number of thioether (sulfide) groups is 1. The third-order valence-corrected chi connectivity index (χ3v) is 7.25. The predicted molar refractivity (Wildman–Crippen MR) is 117 cm³/mol. The van der Waals surface area contributed by atoms with E-state index in [9.17, 15) is 14.9 Å². The summed E-state index contributed by atoms with van der Waals surface area (Å²) in [6.07, 6.45) is 0. The molecule has 3 heterocycles. The second kappa shape index (κ2) is 7.97. The molecule has 0 spiro atoms. The van der Waals surface area contributed by atoms with Crippen molar-refractivity contribution < 1.29 is 9.66 Å². The van der Waals surface area contributed by atoms with Gasteiger partial charge in [-0.1, -0.05) is 17.8 Å². The Kier molecular flexibility index (Phi) is 5.39. The molecule has 7 nitrogen and oxygen atoms in total. The quantitative estimate of drug-likeness (QED) is 0.181. The molecule has 148 valence electrons. The third kappa shape index (κ3) is 3.66. The standard InChI is InChI=1S/C19H15N3O4S3/c1-21-18(23)16-13(15-4-3-7-27-15)10-28-17(16)20-19(21)29-9-11-8-12(22(24)25)5-6-14(11)26-2/h3-8,10H,9H2,1-2H3. The SMILES string of the molecule is COc1ccc([N+](=O)[O-])cc1CSc1nc2scc(-c3cccs3)c2c(=O)n1C. The number of hydrogen-bond acceptors (Lipinski definition) is 8. The summed E-state index contributed by atoms with van der Waals surface area (Å²) in [5.74, 6) is 0.949. The van der Waals surface area contributed by atoms with Gasteiger partial charge in [-0.3, -0.25) is 19.5 Å². The summed E-state index contributed by atoms with van der Waals surface area (Å²) in [5, 5.41) is 16.2. The molecule has 0 aliphatic heterocycles. The lowest BCUT2D eigenvalue weighted by Crippen LogP contribution is -2.19. The van der Waals surface area contributed by atoms with Crippen molar-refractivity contribution in [2.45, 2.75) is 10.9 Å². The average Bonchev–Trinajstić information content (AvgIpc) is 3.38. The number of aromatic nitrogens is 2. The highest BCUT2D eigenvalue weighted by atomic mass is 32.2. The molecule has 4 aromatic rings. The van der Waals surface area contributed by atoms with Crippen LogP contribution in [0.5, 0.6) is 5.75 Å². The number of benzene rings is 1. The van der Waals surface area contributed by atoms with Gasteiger partial charge in [0.1, 0.15) is 10.6 Å². The van der Waals surface area contributed by atoms with E-state index in [2.05, 4.69) is 4.98 Å². The number of nitro benzene ring substituents is 1. The van der Waals surface area contributed by atoms with E-state index in [1.54, 1.807) is 24.5 Å². The molecule has 29 heavy (non-hydrogen) atoms. The van der Waals surface area contributed by atoms with Crippen molar-refractivity contribution in [1.29, 1.82) is 0 Å². The minimum Gasteiger partial charge on any atom is -0.496 e. The van der Waals surface area contributed by atoms with E-state index in [1.165, 1.54) is 46.9 Å². The van der Waals surface area contributed by atoms with Crippen LogP contribution in [0.1, 0.15) is 5.56 Å². The summed E-state index contributed by atoms with van der Waals surface area (Å²) in [5.41, 5.74) is 1.47. The van der Waals surface area contributed by atoms with Gasteiger partial charge in [0.2, 0.25) is 0 Å². The molecule has 10 heteroatoms. The van der Waals surface area contributed by atoms with Gasteiger partial charge < -0.3 is 4.74 Å². The number of nitro groups is 1. The zero-order valence-corrected chi connectivity index (χ0v) is 17.9. The maximum atomic E-state index is 13.0. The first-order valence-electron chi connectivity index (χ1n) is 8.45. The van der Waals surface area contributed by atoms with Crippen LogP contribution in [0.15, 0.2) is 51.0 Å². The molecule has 0 amide bonds. The lowest BCUT2D eigenvalue weighted by molar-refractivity contribution is -0.384. The molecule has 0 saturated carbocycles. The Balaban J connectivity index is 1.70. The van der Waals surface area contributed by atoms with Gasteiger partial charge in [-0.2, -0.15) is 0 Å². The minimum absolute atomic E-state index is 0.00227. The fourth-order valence-corrected chi connectivity index (χ4v) is 5.68. The van der Waals surface area contributed by atoms with Crippen molar-refractivity contribution in [3.63, 3.8) is 0 Å². The van der Waals surface area contributed by atoms with Crippen LogP contribution < -0.4 is 10.3 Å². The monoisotopic (exact) mass is 445 g/mol. The zero-order valence-electron chi connectivity index (χ0n) is 15.4. The maximum Gasteiger partial charge on any atom is 0.270 e. The minimum atomic E-state index is -0.439. The smallest absolute Gasteiger partial charge is 0.270 e. The molecular weight excluding hydrogens is 430 g/mol. The van der Waals surface area contributed by atoms with E-state index in [1.807, 2.05) is 22.9 Å². The van der Waals surface area contributed by atoms with Crippen molar-refractivity contribution in [1.82, 2.24) is 9.55 Å². The van der Waals surface area contributed by atoms with E-state index in [0.717, 1.165) is 10.4 Å². The van der Waals surface area contributed by atoms with Gasteiger partial charge in [-0.05, 0) is 17.5 Å². The van der Waals surface area contributed by atoms with E-state index in [0.29, 0.717) is 32.4 Å². The molecule has 0 fully saturated rings. The van der Waals surface area contributed by atoms with Gasteiger partial charge in [-0.25, -0.2) is 4.98 Å². The zero-order chi connectivity index (χ0) is 20.5. The van der Waals surface area contributed by atoms with Gasteiger partial charge in [0.15, 0.2) is 5.16 Å². The van der Waals surface area contributed by atoms with E-state index >= 15 is 0 Å². The van der Waals surface area contributed by atoms with Crippen molar-refractivity contribution in [2.24, 2.45) is 7.05 Å².